The van der Waals surface area contributed by atoms with Gasteiger partial charge in [0.15, 0.2) is 0 Å². The van der Waals surface area contributed by atoms with Crippen molar-refractivity contribution in [3.63, 3.8) is 0 Å². The molecule has 0 aliphatic carbocycles. The first kappa shape index (κ1) is 12.8. The zero-order valence-electron chi connectivity index (χ0n) is 10.7. The van der Waals surface area contributed by atoms with Crippen molar-refractivity contribution in [3.05, 3.63) is 27.7 Å². The maximum atomic E-state index is 11.2. The molecule has 0 aliphatic heterocycles. The van der Waals surface area contributed by atoms with Crippen LogP contribution in [0.15, 0.2) is 11.4 Å². The number of thiophene rings is 1. The molecule has 0 spiro atoms. The van der Waals surface area contributed by atoms with Crippen molar-refractivity contribution in [2.75, 3.05) is 0 Å². The summed E-state index contributed by atoms with van der Waals surface area (Å²) in [5.41, 5.74) is 3.86. The Hall–Kier alpha value is -1.62. The molecule has 2 rings (SSSR count). The van der Waals surface area contributed by atoms with E-state index in [0.29, 0.717) is 4.88 Å². The number of hydrogen-bond acceptors (Lipinski definition) is 3. The fourth-order valence-corrected chi connectivity index (χ4v) is 2.99. The lowest BCUT2D eigenvalue weighted by atomic mass is 10.0. The number of rotatable bonds is 4. The number of nitrogens with zero attached hydrogens (tertiary/aromatic N) is 2. The predicted octanol–water partition coefficient (Wildman–Crippen LogP) is 2.97. The maximum Gasteiger partial charge on any atom is 0.346 e. The van der Waals surface area contributed by atoms with Crippen LogP contribution in [0.1, 0.15) is 34.9 Å². The highest BCUT2D eigenvalue weighted by atomic mass is 32.1. The number of aromatic carboxylic acids is 1. The molecule has 4 nitrogen and oxygen atoms in total. The summed E-state index contributed by atoms with van der Waals surface area (Å²) in [6, 6.07) is 1.88. The minimum absolute atomic E-state index is 0.396. The zero-order chi connectivity index (χ0) is 13.3. The van der Waals surface area contributed by atoms with Gasteiger partial charge in [-0.3, -0.25) is 4.68 Å². The Morgan fingerprint density at radius 3 is 2.72 bits per heavy atom. The molecule has 0 saturated heterocycles. The van der Waals surface area contributed by atoms with Crippen LogP contribution in [0.4, 0.5) is 0 Å². The van der Waals surface area contributed by atoms with Gasteiger partial charge in [0.1, 0.15) is 4.88 Å². The second-order valence-corrected chi connectivity index (χ2v) is 4.98. The van der Waals surface area contributed by atoms with Gasteiger partial charge in [-0.2, -0.15) is 5.10 Å². The largest absolute Gasteiger partial charge is 0.477 e. The van der Waals surface area contributed by atoms with E-state index in [0.717, 1.165) is 35.4 Å². The molecule has 0 fully saturated rings. The lowest BCUT2D eigenvalue weighted by Crippen LogP contribution is -1.99. The quantitative estimate of drug-likeness (QED) is 0.923. The highest BCUT2D eigenvalue weighted by Crippen LogP contribution is 2.34. The third-order valence-electron chi connectivity index (χ3n) is 3.04. The standard InChI is InChI=1S/C13H16N2O2S/c1-4-9-11(10(5-2)15(3)14-9)8-6-7-18-12(8)13(16)17/h6-7H,4-5H2,1-3H3,(H,16,17). The average molecular weight is 264 g/mol. The molecule has 0 amide bonds. The van der Waals surface area contributed by atoms with Gasteiger partial charge >= 0.3 is 5.97 Å². The minimum Gasteiger partial charge on any atom is -0.477 e. The van der Waals surface area contributed by atoms with Crippen molar-refractivity contribution >= 4 is 17.3 Å². The number of carboxylic acids is 1. The summed E-state index contributed by atoms with van der Waals surface area (Å²) < 4.78 is 1.86. The van der Waals surface area contributed by atoms with Gasteiger partial charge in [-0.1, -0.05) is 13.8 Å². The molecule has 96 valence electrons. The SMILES string of the molecule is CCc1nn(C)c(CC)c1-c1ccsc1C(=O)O. The molecule has 0 aliphatic rings. The van der Waals surface area contributed by atoms with Crippen molar-refractivity contribution in [1.82, 2.24) is 9.78 Å². The van der Waals surface area contributed by atoms with Crippen molar-refractivity contribution in [1.29, 1.82) is 0 Å². The first-order valence-corrected chi connectivity index (χ1v) is 6.83. The van der Waals surface area contributed by atoms with Gasteiger partial charge in [-0.05, 0) is 24.3 Å². The average Bonchev–Trinajstić information content (AvgIpc) is 2.91. The number of aryl methyl sites for hydroxylation is 2. The normalized spacial score (nSPS) is 10.8. The van der Waals surface area contributed by atoms with Gasteiger partial charge in [0.2, 0.25) is 0 Å². The third-order valence-corrected chi connectivity index (χ3v) is 3.94. The number of carbonyl (C=O) groups is 1. The summed E-state index contributed by atoms with van der Waals surface area (Å²) in [4.78, 5) is 11.6. The predicted molar refractivity (Wildman–Crippen MR) is 72.2 cm³/mol. The molecule has 0 atom stereocenters. The van der Waals surface area contributed by atoms with Gasteiger partial charge < -0.3 is 5.11 Å². The highest BCUT2D eigenvalue weighted by Gasteiger charge is 2.21. The van der Waals surface area contributed by atoms with Gasteiger partial charge in [0.05, 0.1) is 5.69 Å². The summed E-state index contributed by atoms with van der Waals surface area (Å²) >= 11 is 1.26. The van der Waals surface area contributed by atoms with E-state index in [1.165, 1.54) is 11.3 Å². The lowest BCUT2D eigenvalue weighted by molar-refractivity contribution is 0.0703. The van der Waals surface area contributed by atoms with Gasteiger partial charge in [-0.25, -0.2) is 4.79 Å². The van der Waals surface area contributed by atoms with Crippen molar-refractivity contribution in [2.24, 2.45) is 7.05 Å². The van der Waals surface area contributed by atoms with E-state index < -0.39 is 5.97 Å². The summed E-state index contributed by atoms with van der Waals surface area (Å²) in [6.07, 6.45) is 1.64. The Morgan fingerprint density at radius 2 is 2.17 bits per heavy atom. The molecular weight excluding hydrogens is 248 g/mol. The van der Waals surface area contributed by atoms with E-state index in [9.17, 15) is 9.90 Å². The molecule has 5 heteroatoms. The Bertz CT molecular complexity index is 584. The molecule has 0 aromatic carbocycles. The molecular formula is C13H16N2O2S. The van der Waals surface area contributed by atoms with Crippen molar-refractivity contribution < 1.29 is 9.90 Å². The smallest absolute Gasteiger partial charge is 0.346 e. The van der Waals surface area contributed by atoms with E-state index >= 15 is 0 Å². The molecule has 0 saturated carbocycles. The first-order chi connectivity index (χ1) is 8.60. The second-order valence-electron chi connectivity index (χ2n) is 4.07. The van der Waals surface area contributed by atoms with E-state index in [1.54, 1.807) is 0 Å². The van der Waals surface area contributed by atoms with Crippen molar-refractivity contribution in [2.45, 2.75) is 26.7 Å². The van der Waals surface area contributed by atoms with Crippen LogP contribution in [0, 0.1) is 0 Å². The number of hydrogen-bond donors (Lipinski definition) is 1. The summed E-state index contributed by atoms with van der Waals surface area (Å²) in [7, 11) is 1.91. The second kappa shape index (κ2) is 4.94. The van der Waals surface area contributed by atoms with Crippen molar-refractivity contribution in [3.8, 4) is 11.1 Å². The molecule has 0 unspecified atom stereocenters. The molecule has 0 bridgehead atoms. The lowest BCUT2D eigenvalue weighted by Gasteiger charge is -2.04. The molecule has 2 heterocycles. The molecule has 18 heavy (non-hydrogen) atoms. The fourth-order valence-electron chi connectivity index (χ4n) is 2.26. The highest BCUT2D eigenvalue weighted by molar-refractivity contribution is 7.12. The third kappa shape index (κ3) is 1.95. The van der Waals surface area contributed by atoms with E-state index in [4.69, 9.17) is 0 Å². The van der Waals surface area contributed by atoms with Crippen LogP contribution in [0.3, 0.4) is 0 Å². The fraction of sp³-hybridized carbons (Fsp3) is 0.385. The van der Waals surface area contributed by atoms with E-state index in [-0.39, 0.29) is 0 Å². The monoisotopic (exact) mass is 264 g/mol. The Kier molecular flexibility index (Phi) is 3.52. The Morgan fingerprint density at radius 1 is 1.44 bits per heavy atom. The number of carboxylic acid groups (broad SMARTS) is 1. The van der Waals surface area contributed by atoms with E-state index in [2.05, 4.69) is 12.0 Å². The van der Waals surface area contributed by atoms with Crippen LogP contribution in [-0.2, 0) is 19.9 Å². The van der Waals surface area contributed by atoms with Crippen LogP contribution < -0.4 is 0 Å². The van der Waals surface area contributed by atoms with Gasteiger partial charge in [-0.15, -0.1) is 11.3 Å². The molecule has 0 radical (unpaired) electrons. The Balaban J connectivity index is 2.69. The number of aromatic nitrogens is 2. The first-order valence-electron chi connectivity index (χ1n) is 5.96. The minimum atomic E-state index is -0.868. The summed E-state index contributed by atoms with van der Waals surface area (Å²) in [5.74, 6) is -0.868. The van der Waals surface area contributed by atoms with E-state index in [1.807, 2.05) is 30.1 Å². The summed E-state index contributed by atoms with van der Waals surface area (Å²) in [6.45, 7) is 4.10. The molecule has 2 aromatic heterocycles. The summed E-state index contributed by atoms with van der Waals surface area (Å²) in [5, 5.41) is 15.5. The topological polar surface area (TPSA) is 55.1 Å². The Labute approximate surface area is 110 Å². The van der Waals surface area contributed by atoms with Crippen LogP contribution in [0.5, 0.6) is 0 Å². The van der Waals surface area contributed by atoms with Gasteiger partial charge in [0, 0.05) is 23.9 Å². The van der Waals surface area contributed by atoms with Crippen LogP contribution >= 0.6 is 11.3 Å². The maximum absolute atomic E-state index is 11.2. The van der Waals surface area contributed by atoms with Crippen LogP contribution in [0.2, 0.25) is 0 Å². The molecule has 2 aromatic rings. The van der Waals surface area contributed by atoms with Gasteiger partial charge in [0.25, 0.3) is 0 Å². The van der Waals surface area contributed by atoms with Crippen LogP contribution in [-0.4, -0.2) is 20.9 Å². The molecule has 1 N–H and O–H groups in total. The zero-order valence-corrected chi connectivity index (χ0v) is 11.5. The van der Waals surface area contributed by atoms with Crippen LogP contribution in [0.25, 0.3) is 11.1 Å².